The van der Waals surface area contributed by atoms with E-state index in [9.17, 15) is 25.2 Å². The van der Waals surface area contributed by atoms with E-state index in [1.807, 2.05) is 54.2 Å². The topological polar surface area (TPSA) is 175 Å². The van der Waals surface area contributed by atoms with Crippen LogP contribution >= 0.6 is 0 Å². The lowest BCUT2D eigenvalue weighted by atomic mass is 9.73. The lowest BCUT2D eigenvalue weighted by Gasteiger charge is -2.35. The molecule has 1 aliphatic carbocycles. The molecule has 11 heteroatoms. The molecule has 2 aromatic heterocycles. The maximum Gasteiger partial charge on any atom is 0.191 e. The molecule has 0 amide bonds. The molecule has 1 spiro atoms. The molecule has 3 aliphatic rings. The number of carbonyl (C=O) groups excluding carboxylic acids is 1. The zero-order chi connectivity index (χ0) is 42.5. The summed E-state index contributed by atoms with van der Waals surface area (Å²) in [6, 6.07) is 19.4. The third-order valence-electron chi connectivity index (χ3n) is 12.6. The smallest absolute Gasteiger partial charge is 0.191 e. The number of Topliss-reactive ketones (excluding diaryl/α,β-unsaturated/α-hetero) is 1. The van der Waals surface area contributed by atoms with Gasteiger partial charge in [0.25, 0.3) is 0 Å². The second kappa shape index (κ2) is 18.6. The van der Waals surface area contributed by atoms with E-state index in [1.54, 1.807) is 6.07 Å². The summed E-state index contributed by atoms with van der Waals surface area (Å²) in [5.41, 5.74) is 12.3. The van der Waals surface area contributed by atoms with Crippen LogP contribution in [0.25, 0.3) is 10.9 Å². The van der Waals surface area contributed by atoms with Crippen LogP contribution in [0.15, 0.2) is 79.3 Å². The summed E-state index contributed by atoms with van der Waals surface area (Å²) in [4.78, 5) is 16.4. The Morgan fingerprint density at radius 3 is 2.64 bits per heavy atom. The van der Waals surface area contributed by atoms with Crippen molar-refractivity contribution in [2.45, 2.75) is 115 Å². The highest BCUT2D eigenvalue weighted by atomic mass is 16.5. The number of ether oxygens (including phenoxy) is 2. The minimum absolute atomic E-state index is 0.0616. The van der Waals surface area contributed by atoms with E-state index in [2.05, 4.69) is 58.6 Å². The number of phenols is 1. The van der Waals surface area contributed by atoms with E-state index in [-0.39, 0.29) is 43.0 Å². The van der Waals surface area contributed by atoms with Gasteiger partial charge in [0.05, 0.1) is 35.2 Å². The van der Waals surface area contributed by atoms with Gasteiger partial charge in [0.2, 0.25) is 0 Å². The van der Waals surface area contributed by atoms with Crippen molar-refractivity contribution in [3.63, 3.8) is 0 Å². The van der Waals surface area contributed by atoms with Crippen LogP contribution in [-0.2, 0) is 24.1 Å². The number of ketones is 1. The normalized spacial score (nSPS) is 20.3. The number of aliphatic hydroxyl groups excluding tert-OH is 3. The van der Waals surface area contributed by atoms with Crippen LogP contribution in [0.4, 0.5) is 0 Å². The van der Waals surface area contributed by atoms with E-state index >= 15 is 0 Å². The van der Waals surface area contributed by atoms with Gasteiger partial charge in [0.15, 0.2) is 17.7 Å². The molecule has 61 heavy (non-hydrogen) atoms. The average Bonchev–Trinajstić information content (AvgIpc) is 3.99. The van der Waals surface area contributed by atoms with E-state index in [0.29, 0.717) is 36.3 Å². The van der Waals surface area contributed by atoms with E-state index in [1.165, 1.54) is 11.6 Å². The van der Waals surface area contributed by atoms with Crippen molar-refractivity contribution >= 4 is 16.7 Å². The van der Waals surface area contributed by atoms with Gasteiger partial charge < -0.3 is 45.2 Å². The number of fused-ring (bicyclic) bond motifs is 6. The third-order valence-corrected chi connectivity index (χ3v) is 12.6. The van der Waals surface area contributed by atoms with Crippen LogP contribution in [0.5, 0.6) is 17.2 Å². The first-order valence-corrected chi connectivity index (χ1v) is 21.7. The second-order valence-electron chi connectivity index (χ2n) is 17.0. The number of hydrogen-bond acceptors (Lipinski definition) is 9. The number of nitrogens with zero attached hydrogens (tertiary/aromatic N) is 1. The van der Waals surface area contributed by atoms with Gasteiger partial charge in [-0.2, -0.15) is 0 Å². The van der Waals surface area contributed by atoms with Gasteiger partial charge in [-0.25, -0.2) is 0 Å². The molecular formula is C50H56N4O7. The molecule has 6 atom stereocenters. The molecule has 5 aromatic rings. The van der Waals surface area contributed by atoms with Crippen LogP contribution in [0, 0.1) is 35.2 Å². The minimum atomic E-state index is -1.10. The first-order valence-electron chi connectivity index (χ1n) is 21.7. The van der Waals surface area contributed by atoms with Crippen molar-refractivity contribution in [3.05, 3.63) is 113 Å². The summed E-state index contributed by atoms with van der Waals surface area (Å²) < 4.78 is 15.1. The van der Waals surface area contributed by atoms with Crippen LogP contribution in [-0.4, -0.2) is 54.5 Å². The maximum atomic E-state index is 12.9. The van der Waals surface area contributed by atoms with Crippen molar-refractivity contribution in [1.82, 2.24) is 14.9 Å². The van der Waals surface area contributed by atoms with Crippen LogP contribution < -0.4 is 20.5 Å². The Kier molecular flexibility index (Phi) is 12.9. The van der Waals surface area contributed by atoms with Crippen molar-refractivity contribution < 1.29 is 34.7 Å². The summed E-state index contributed by atoms with van der Waals surface area (Å²) in [5, 5.41) is 48.1. The average molecular weight is 825 g/mol. The largest absolute Gasteiger partial charge is 0.508 e. The Balaban J connectivity index is 1.11. The Bertz CT molecular complexity index is 2460. The molecule has 318 valence electrons. The fourth-order valence-corrected chi connectivity index (χ4v) is 9.27. The van der Waals surface area contributed by atoms with Gasteiger partial charge >= 0.3 is 0 Å². The number of nitrogens with one attached hydrogen (secondary N) is 2. The Hall–Kier alpha value is -5.53. The number of phenolic OH excluding ortho intramolecular Hbond substituents is 1. The lowest BCUT2D eigenvalue weighted by molar-refractivity contribution is -0.121. The molecule has 3 aromatic carbocycles. The minimum Gasteiger partial charge on any atom is -0.508 e. The number of aromatic amines is 1. The number of rotatable bonds is 14. The SMILES string of the molecule is CCCC(O)CC(O)CC(=O)CCc1cc2c(cc1O)OC#CC1(CCCC1)C1C#CC(O)c3ccc(C(N)NCCc4ccccc4)cc3Cc3c[nH]c4cn(cc34)C1O2. The third kappa shape index (κ3) is 9.53. The highest BCUT2D eigenvalue weighted by molar-refractivity contribution is 5.83. The number of aliphatic hydroxyl groups is 3. The summed E-state index contributed by atoms with van der Waals surface area (Å²) >= 11 is 0. The van der Waals surface area contributed by atoms with Crippen LogP contribution in [0.2, 0.25) is 0 Å². The maximum absolute atomic E-state index is 12.9. The summed E-state index contributed by atoms with van der Waals surface area (Å²) in [5.74, 6) is 10.0. The highest BCUT2D eigenvalue weighted by Crippen LogP contribution is 2.50. The number of aromatic hydroxyl groups is 1. The van der Waals surface area contributed by atoms with Gasteiger partial charge in [0, 0.05) is 55.9 Å². The molecule has 0 radical (unpaired) electrons. The lowest BCUT2D eigenvalue weighted by Crippen LogP contribution is -2.35. The number of nitrogens with two attached hydrogens (primary N) is 1. The summed E-state index contributed by atoms with van der Waals surface area (Å²) in [6.45, 7) is 2.67. The number of aromatic nitrogens is 2. The second-order valence-corrected chi connectivity index (χ2v) is 17.0. The summed E-state index contributed by atoms with van der Waals surface area (Å²) in [7, 11) is 0. The highest BCUT2D eigenvalue weighted by Gasteiger charge is 2.46. The predicted molar refractivity (Wildman–Crippen MR) is 233 cm³/mol. The molecule has 2 aliphatic heterocycles. The number of benzene rings is 3. The molecule has 1 fully saturated rings. The van der Waals surface area contributed by atoms with Gasteiger partial charge in [-0.05, 0) is 78.0 Å². The Morgan fingerprint density at radius 1 is 1.02 bits per heavy atom. The summed E-state index contributed by atoms with van der Waals surface area (Å²) in [6.07, 6.45) is 11.7. The van der Waals surface area contributed by atoms with Crippen molar-refractivity contribution in [3.8, 4) is 41.1 Å². The molecule has 8 rings (SSSR count). The standard InChI is InChI=1S/C50H56N4O7/c1-2-8-37(55)26-39(57)27-38(56)13-11-33-25-47-46(28-45(33)59)60-22-20-50(18-6-7-19-50)42-15-16-44(58)40-14-12-34(48(51)52-21-17-32-9-4-3-5-10-32)23-35(40)24-36-29-53-43-31-54(30-41(36)43)49(42)61-47/h3-5,9-10,12,14,23,25,28-31,37,39,42,44,48-49,52-53,55,57-59H,2,6-8,11,13,17-19,21,24,26-27,51H2,1H3. The predicted octanol–water partition coefficient (Wildman–Crippen LogP) is 7.02. The monoisotopic (exact) mass is 824 g/mol. The van der Waals surface area contributed by atoms with Crippen LogP contribution in [0.3, 0.4) is 0 Å². The quantitative estimate of drug-likeness (QED) is 0.0459. The van der Waals surface area contributed by atoms with Gasteiger partial charge in [0.1, 0.15) is 23.7 Å². The zero-order valence-corrected chi connectivity index (χ0v) is 34.7. The molecule has 11 nitrogen and oxygen atoms in total. The number of aryl methyl sites for hydroxylation is 1. The number of H-pyrrole nitrogens is 1. The molecule has 1 saturated carbocycles. The van der Waals surface area contributed by atoms with E-state index in [0.717, 1.165) is 66.1 Å². The van der Waals surface area contributed by atoms with Crippen molar-refractivity contribution in [1.29, 1.82) is 0 Å². The van der Waals surface area contributed by atoms with Gasteiger partial charge in [-0.15, -0.1) is 0 Å². The fraction of sp³-hybridized carbons (Fsp3) is 0.420. The Labute approximate surface area is 357 Å². The Morgan fingerprint density at radius 2 is 1.84 bits per heavy atom. The van der Waals surface area contributed by atoms with Crippen molar-refractivity contribution in [2.75, 3.05) is 6.54 Å². The number of hydrogen-bond donors (Lipinski definition) is 7. The molecule has 0 saturated heterocycles. The first kappa shape index (κ1) is 42.2. The molecular weight excluding hydrogens is 769 g/mol. The van der Waals surface area contributed by atoms with E-state index in [4.69, 9.17) is 15.2 Å². The fourth-order valence-electron chi connectivity index (χ4n) is 9.27. The first-order chi connectivity index (χ1) is 29.6. The molecule has 8 N–H and O–H groups in total. The zero-order valence-electron chi connectivity index (χ0n) is 34.7. The number of carbonyl (C=O) groups is 1. The molecule has 4 heterocycles. The van der Waals surface area contributed by atoms with Crippen molar-refractivity contribution in [2.24, 2.45) is 17.1 Å². The van der Waals surface area contributed by atoms with Gasteiger partial charge in [-0.3, -0.25) is 10.1 Å². The molecule has 6 unspecified atom stereocenters. The van der Waals surface area contributed by atoms with E-state index < -0.39 is 42.0 Å². The van der Waals surface area contributed by atoms with Gasteiger partial charge in [-0.1, -0.05) is 92.5 Å². The van der Waals surface area contributed by atoms with Crippen LogP contribution in [0.1, 0.15) is 117 Å². The molecule has 2 bridgehead atoms.